The van der Waals surface area contributed by atoms with E-state index in [1.165, 1.54) is 0 Å². The molecule has 0 saturated heterocycles. The van der Waals surface area contributed by atoms with Crippen LogP contribution in [0.5, 0.6) is 0 Å². The number of nitrogens with zero attached hydrogens (tertiary/aromatic N) is 2. The molecule has 0 spiro atoms. The summed E-state index contributed by atoms with van der Waals surface area (Å²) in [6, 6.07) is 19.4. The molecule has 3 aromatic rings. The second-order valence-corrected chi connectivity index (χ2v) is 5.78. The number of aliphatic hydroxyl groups is 1. The van der Waals surface area contributed by atoms with E-state index in [-0.39, 0.29) is 6.04 Å². The van der Waals surface area contributed by atoms with Crippen molar-refractivity contribution in [2.45, 2.75) is 18.6 Å². The standard InChI is InChI=1S/C19H15N3O/c20-11-13-10-17(15-7-3-4-8-16(15)21-13)22-19-14-6-2-1-5-12(14)9-18(19)23/h1-8,10,18-19,23H,9H2,(H,21,22)/t18-,19+/m1/s1. The Morgan fingerprint density at radius 3 is 2.78 bits per heavy atom. The molecule has 1 heterocycles. The van der Waals surface area contributed by atoms with Crippen LogP contribution in [0.3, 0.4) is 0 Å². The average Bonchev–Trinajstić information content (AvgIpc) is 2.90. The van der Waals surface area contributed by atoms with Gasteiger partial charge in [-0.3, -0.25) is 0 Å². The molecular formula is C19H15N3O. The normalized spacial score (nSPS) is 19.3. The summed E-state index contributed by atoms with van der Waals surface area (Å²) < 4.78 is 0. The summed E-state index contributed by atoms with van der Waals surface area (Å²) in [6.45, 7) is 0. The number of nitriles is 1. The van der Waals surface area contributed by atoms with Crippen LogP contribution in [0.1, 0.15) is 22.9 Å². The Balaban J connectivity index is 1.80. The number of aromatic nitrogens is 1. The number of benzene rings is 2. The smallest absolute Gasteiger partial charge is 0.143 e. The van der Waals surface area contributed by atoms with E-state index in [0.29, 0.717) is 12.1 Å². The highest BCUT2D eigenvalue weighted by atomic mass is 16.3. The Hall–Kier alpha value is -2.90. The Bertz CT molecular complexity index is 929. The molecule has 23 heavy (non-hydrogen) atoms. The lowest BCUT2D eigenvalue weighted by Gasteiger charge is -2.20. The molecule has 1 aliphatic rings. The van der Waals surface area contributed by atoms with Gasteiger partial charge in [0.15, 0.2) is 0 Å². The predicted molar refractivity (Wildman–Crippen MR) is 89.0 cm³/mol. The predicted octanol–water partition coefficient (Wildman–Crippen LogP) is 3.18. The third-order valence-electron chi connectivity index (χ3n) is 4.35. The first kappa shape index (κ1) is 13.7. The van der Waals surface area contributed by atoms with Gasteiger partial charge in [0.05, 0.1) is 17.7 Å². The zero-order valence-corrected chi connectivity index (χ0v) is 12.4. The zero-order chi connectivity index (χ0) is 15.8. The molecule has 0 radical (unpaired) electrons. The van der Waals surface area contributed by atoms with Gasteiger partial charge in [0, 0.05) is 17.5 Å². The van der Waals surface area contributed by atoms with Crippen molar-refractivity contribution in [3.05, 3.63) is 71.4 Å². The summed E-state index contributed by atoms with van der Waals surface area (Å²) in [6.07, 6.45) is 0.159. The molecule has 0 fully saturated rings. The number of para-hydroxylation sites is 1. The van der Waals surface area contributed by atoms with Gasteiger partial charge in [0.2, 0.25) is 0 Å². The Morgan fingerprint density at radius 1 is 1.13 bits per heavy atom. The van der Waals surface area contributed by atoms with Crippen molar-refractivity contribution in [1.82, 2.24) is 4.98 Å². The van der Waals surface area contributed by atoms with Crippen LogP contribution in [0, 0.1) is 11.3 Å². The van der Waals surface area contributed by atoms with E-state index in [0.717, 1.165) is 27.7 Å². The van der Waals surface area contributed by atoms with Crippen LogP contribution in [0.25, 0.3) is 10.9 Å². The first-order valence-electron chi connectivity index (χ1n) is 7.58. The number of hydrogen-bond donors (Lipinski definition) is 2. The number of hydrogen-bond acceptors (Lipinski definition) is 4. The fourth-order valence-corrected chi connectivity index (χ4v) is 3.27. The van der Waals surface area contributed by atoms with Gasteiger partial charge in [0.1, 0.15) is 11.8 Å². The molecule has 0 amide bonds. The third kappa shape index (κ3) is 2.32. The minimum atomic E-state index is -0.482. The number of aliphatic hydroxyl groups excluding tert-OH is 1. The summed E-state index contributed by atoms with van der Waals surface area (Å²) in [5.41, 5.74) is 4.24. The van der Waals surface area contributed by atoms with Crippen LogP contribution in [0.2, 0.25) is 0 Å². The number of anilines is 1. The fraction of sp³-hybridized carbons (Fsp3) is 0.158. The number of nitrogens with one attached hydrogen (secondary N) is 1. The van der Waals surface area contributed by atoms with Crippen LogP contribution in [-0.2, 0) is 6.42 Å². The highest BCUT2D eigenvalue weighted by Gasteiger charge is 2.31. The number of fused-ring (bicyclic) bond motifs is 2. The molecule has 1 aliphatic carbocycles. The highest BCUT2D eigenvalue weighted by Crippen LogP contribution is 2.35. The van der Waals surface area contributed by atoms with E-state index in [9.17, 15) is 10.4 Å². The first-order chi connectivity index (χ1) is 11.3. The van der Waals surface area contributed by atoms with Gasteiger partial charge >= 0.3 is 0 Å². The summed E-state index contributed by atoms with van der Waals surface area (Å²) in [7, 11) is 0. The Morgan fingerprint density at radius 2 is 1.91 bits per heavy atom. The van der Waals surface area contributed by atoms with Crippen LogP contribution in [0.15, 0.2) is 54.6 Å². The van der Waals surface area contributed by atoms with Crippen LogP contribution in [0.4, 0.5) is 5.69 Å². The maximum absolute atomic E-state index is 10.4. The Labute approximate surface area is 134 Å². The second-order valence-electron chi connectivity index (χ2n) is 5.78. The van der Waals surface area contributed by atoms with E-state index >= 15 is 0 Å². The van der Waals surface area contributed by atoms with Gasteiger partial charge in [-0.25, -0.2) is 4.98 Å². The van der Waals surface area contributed by atoms with Crippen molar-refractivity contribution in [3.8, 4) is 6.07 Å². The molecule has 1 aromatic heterocycles. The molecule has 4 heteroatoms. The van der Waals surface area contributed by atoms with E-state index < -0.39 is 6.10 Å². The van der Waals surface area contributed by atoms with Crippen LogP contribution in [-0.4, -0.2) is 16.2 Å². The molecule has 112 valence electrons. The molecule has 0 saturated carbocycles. The summed E-state index contributed by atoms with van der Waals surface area (Å²) >= 11 is 0. The molecule has 0 unspecified atom stereocenters. The molecule has 4 rings (SSSR count). The largest absolute Gasteiger partial charge is 0.390 e. The van der Waals surface area contributed by atoms with E-state index in [1.54, 1.807) is 6.07 Å². The fourth-order valence-electron chi connectivity index (χ4n) is 3.27. The van der Waals surface area contributed by atoms with E-state index in [4.69, 9.17) is 0 Å². The third-order valence-corrected chi connectivity index (χ3v) is 4.35. The summed E-state index contributed by atoms with van der Waals surface area (Å²) in [5, 5.41) is 24.0. The van der Waals surface area contributed by atoms with Gasteiger partial charge in [-0.1, -0.05) is 42.5 Å². The van der Waals surface area contributed by atoms with Crippen molar-refractivity contribution < 1.29 is 5.11 Å². The maximum Gasteiger partial charge on any atom is 0.143 e. The van der Waals surface area contributed by atoms with Gasteiger partial charge in [0.25, 0.3) is 0 Å². The first-order valence-corrected chi connectivity index (χ1v) is 7.58. The van der Waals surface area contributed by atoms with E-state index in [1.807, 2.05) is 48.5 Å². The lowest BCUT2D eigenvalue weighted by atomic mass is 10.1. The van der Waals surface area contributed by atoms with Crippen molar-refractivity contribution in [1.29, 1.82) is 5.26 Å². The van der Waals surface area contributed by atoms with E-state index in [2.05, 4.69) is 16.4 Å². The molecule has 0 bridgehead atoms. The monoisotopic (exact) mass is 301 g/mol. The van der Waals surface area contributed by atoms with Crippen molar-refractivity contribution >= 4 is 16.6 Å². The number of pyridine rings is 1. The SMILES string of the molecule is N#Cc1cc(N[C@H]2c3ccccc3C[C@H]2O)c2ccccc2n1. The quantitative estimate of drug-likeness (QED) is 0.763. The molecule has 2 atom stereocenters. The van der Waals surface area contributed by atoms with Gasteiger partial charge < -0.3 is 10.4 Å². The lowest BCUT2D eigenvalue weighted by Crippen LogP contribution is -2.21. The van der Waals surface area contributed by atoms with Gasteiger partial charge in [-0.05, 0) is 23.3 Å². The number of rotatable bonds is 2. The molecule has 0 aliphatic heterocycles. The summed E-state index contributed by atoms with van der Waals surface area (Å²) in [5.74, 6) is 0. The minimum Gasteiger partial charge on any atom is -0.390 e. The zero-order valence-electron chi connectivity index (χ0n) is 12.4. The van der Waals surface area contributed by atoms with Crippen molar-refractivity contribution in [3.63, 3.8) is 0 Å². The highest BCUT2D eigenvalue weighted by molar-refractivity contribution is 5.92. The topological polar surface area (TPSA) is 68.9 Å². The lowest BCUT2D eigenvalue weighted by molar-refractivity contribution is 0.166. The Kier molecular flexibility index (Phi) is 3.22. The van der Waals surface area contributed by atoms with Crippen molar-refractivity contribution in [2.75, 3.05) is 5.32 Å². The maximum atomic E-state index is 10.4. The van der Waals surface area contributed by atoms with Crippen LogP contribution >= 0.6 is 0 Å². The average molecular weight is 301 g/mol. The van der Waals surface area contributed by atoms with Gasteiger partial charge in [-0.2, -0.15) is 5.26 Å². The molecule has 2 N–H and O–H groups in total. The molecule has 4 nitrogen and oxygen atoms in total. The molecular weight excluding hydrogens is 286 g/mol. The summed E-state index contributed by atoms with van der Waals surface area (Å²) in [4.78, 5) is 4.33. The van der Waals surface area contributed by atoms with Crippen molar-refractivity contribution in [2.24, 2.45) is 0 Å². The van der Waals surface area contributed by atoms with Gasteiger partial charge in [-0.15, -0.1) is 0 Å². The van der Waals surface area contributed by atoms with Crippen LogP contribution < -0.4 is 5.32 Å². The second kappa shape index (κ2) is 5.38. The minimum absolute atomic E-state index is 0.177. The molecule has 2 aromatic carbocycles.